The molecule has 0 amide bonds. The summed E-state index contributed by atoms with van der Waals surface area (Å²) in [6.45, 7) is 0.614. The molecule has 0 radical (unpaired) electrons. The number of aromatic hydroxyl groups is 1. The average Bonchev–Trinajstić information content (AvgIpc) is 2.67. The van der Waals surface area contributed by atoms with Gasteiger partial charge in [0.2, 0.25) is 0 Å². The predicted octanol–water partition coefficient (Wildman–Crippen LogP) is 2.02. The summed E-state index contributed by atoms with van der Waals surface area (Å²) in [5, 5.41) is 12.3. The van der Waals surface area contributed by atoms with Crippen LogP contribution in [0.25, 0.3) is 10.6 Å². The third-order valence-corrected chi connectivity index (χ3v) is 2.99. The molecule has 2 aromatic rings. The monoisotopic (exact) mass is 220 g/mol. The van der Waals surface area contributed by atoms with Crippen LogP contribution >= 0.6 is 11.3 Å². The van der Waals surface area contributed by atoms with Gasteiger partial charge in [-0.3, -0.25) is 0 Å². The van der Waals surface area contributed by atoms with Crippen molar-refractivity contribution in [1.29, 1.82) is 0 Å². The quantitative estimate of drug-likeness (QED) is 0.832. The number of nitrogens with two attached hydrogens (primary N) is 1. The van der Waals surface area contributed by atoms with Crippen LogP contribution in [0, 0.1) is 0 Å². The lowest BCUT2D eigenvalue weighted by molar-refractivity contribution is 0.475. The summed E-state index contributed by atoms with van der Waals surface area (Å²) in [4.78, 5) is 4.44. The summed E-state index contributed by atoms with van der Waals surface area (Å²) in [5.74, 6) is 0.267. The molecule has 0 spiro atoms. The van der Waals surface area contributed by atoms with Crippen LogP contribution in [0.4, 0.5) is 0 Å². The average molecular weight is 220 g/mol. The predicted molar refractivity (Wildman–Crippen MR) is 62.0 cm³/mol. The molecule has 0 fully saturated rings. The van der Waals surface area contributed by atoms with E-state index in [0.29, 0.717) is 6.54 Å². The van der Waals surface area contributed by atoms with E-state index in [2.05, 4.69) is 4.98 Å². The molecule has 2 rings (SSSR count). The Labute approximate surface area is 92.2 Å². The van der Waals surface area contributed by atoms with Crippen LogP contribution in [0.5, 0.6) is 5.75 Å². The molecule has 15 heavy (non-hydrogen) atoms. The van der Waals surface area contributed by atoms with Crippen LogP contribution in [0.1, 0.15) is 5.69 Å². The zero-order valence-electron chi connectivity index (χ0n) is 8.18. The summed E-state index contributed by atoms with van der Waals surface area (Å²) in [5.41, 5.74) is 7.42. The molecule has 0 aliphatic carbocycles. The number of benzene rings is 1. The molecule has 3 nitrogen and oxygen atoms in total. The lowest BCUT2D eigenvalue weighted by atomic mass is 10.2. The van der Waals surface area contributed by atoms with Gasteiger partial charge in [-0.2, -0.15) is 0 Å². The maximum absolute atomic E-state index is 9.34. The minimum atomic E-state index is 0.267. The highest BCUT2D eigenvalue weighted by molar-refractivity contribution is 7.13. The Balaban J connectivity index is 2.29. The molecule has 0 unspecified atom stereocenters. The normalized spacial score (nSPS) is 10.5. The molecular weight excluding hydrogens is 208 g/mol. The molecule has 1 heterocycles. The molecule has 78 valence electrons. The Bertz CT molecular complexity index is 453. The van der Waals surface area contributed by atoms with Gasteiger partial charge in [-0.25, -0.2) is 4.98 Å². The second-order valence-electron chi connectivity index (χ2n) is 3.23. The van der Waals surface area contributed by atoms with Gasteiger partial charge in [0.1, 0.15) is 10.8 Å². The van der Waals surface area contributed by atoms with Crippen molar-refractivity contribution in [3.63, 3.8) is 0 Å². The lowest BCUT2D eigenvalue weighted by Crippen LogP contribution is -2.02. The van der Waals surface area contributed by atoms with Gasteiger partial charge in [-0.1, -0.05) is 12.1 Å². The van der Waals surface area contributed by atoms with Crippen molar-refractivity contribution in [1.82, 2.24) is 4.98 Å². The number of thiazole rings is 1. The number of nitrogens with zero attached hydrogens (tertiary/aromatic N) is 1. The van der Waals surface area contributed by atoms with Crippen molar-refractivity contribution in [3.05, 3.63) is 35.3 Å². The first-order valence-corrected chi connectivity index (χ1v) is 5.61. The summed E-state index contributed by atoms with van der Waals surface area (Å²) in [7, 11) is 0. The minimum Gasteiger partial charge on any atom is -0.508 e. The van der Waals surface area contributed by atoms with Gasteiger partial charge in [0.05, 0.1) is 5.69 Å². The van der Waals surface area contributed by atoms with E-state index in [9.17, 15) is 5.11 Å². The van der Waals surface area contributed by atoms with Crippen molar-refractivity contribution < 1.29 is 5.11 Å². The number of phenolic OH excluding ortho intramolecular Hbond substituents is 1. The number of phenols is 1. The molecule has 0 aliphatic rings. The van der Waals surface area contributed by atoms with Crippen LogP contribution < -0.4 is 5.73 Å². The fraction of sp³-hybridized carbons (Fsp3) is 0.182. The van der Waals surface area contributed by atoms with E-state index >= 15 is 0 Å². The van der Waals surface area contributed by atoms with Gasteiger partial charge in [0.25, 0.3) is 0 Å². The van der Waals surface area contributed by atoms with E-state index < -0.39 is 0 Å². The van der Waals surface area contributed by atoms with Gasteiger partial charge in [0, 0.05) is 17.4 Å². The molecule has 0 aliphatic heterocycles. The van der Waals surface area contributed by atoms with Crippen molar-refractivity contribution in [2.45, 2.75) is 6.42 Å². The number of rotatable bonds is 3. The topological polar surface area (TPSA) is 59.1 Å². The Morgan fingerprint density at radius 2 is 2.27 bits per heavy atom. The highest BCUT2D eigenvalue weighted by Gasteiger charge is 2.04. The number of hydrogen-bond acceptors (Lipinski definition) is 4. The van der Waals surface area contributed by atoms with Crippen molar-refractivity contribution >= 4 is 11.3 Å². The molecule has 0 atom stereocenters. The van der Waals surface area contributed by atoms with E-state index in [4.69, 9.17) is 5.73 Å². The fourth-order valence-corrected chi connectivity index (χ4v) is 2.19. The molecule has 1 aromatic carbocycles. The fourth-order valence-electron chi connectivity index (χ4n) is 1.34. The third kappa shape index (κ3) is 2.34. The third-order valence-electron chi connectivity index (χ3n) is 2.05. The molecule has 1 aromatic heterocycles. The SMILES string of the molecule is NCCc1csc(-c2cccc(O)c2)n1. The Hall–Kier alpha value is -1.39. The highest BCUT2D eigenvalue weighted by Crippen LogP contribution is 2.26. The van der Waals surface area contributed by atoms with Gasteiger partial charge < -0.3 is 10.8 Å². The summed E-state index contributed by atoms with van der Waals surface area (Å²) >= 11 is 1.57. The van der Waals surface area contributed by atoms with Crippen LogP contribution in [0.3, 0.4) is 0 Å². The van der Waals surface area contributed by atoms with E-state index in [1.807, 2.05) is 17.5 Å². The van der Waals surface area contributed by atoms with Crippen LogP contribution in [-0.2, 0) is 6.42 Å². The summed E-state index contributed by atoms with van der Waals surface area (Å²) < 4.78 is 0. The summed E-state index contributed by atoms with van der Waals surface area (Å²) in [6, 6.07) is 7.11. The highest BCUT2D eigenvalue weighted by atomic mass is 32.1. The van der Waals surface area contributed by atoms with E-state index in [-0.39, 0.29) is 5.75 Å². The van der Waals surface area contributed by atoms with Crippen molar-refractivity contribution in [2.75, 3.05) is 6.54 Å². The van der Waals surface area contributed by atoms with Gasteiger partial charge >= 0.3 is 0 Å². The van der Waals surface area contributed by atoms with Crippen LogP contribution in [0.2, 0.25) is 0 Å². The Morgan fingerprint density at radius 1 is 1.40 bits per heavy atom. The van der Waals surface area contributed by atoms with E-state index in [0.717, 1.165) is 22.7 Å². The first kappa shape index (κ1) is 10.1. The van der Waals surface area contributed by atoms with Crippen LogP contribution in [0.15, 0.2) is 29.6 Å². The molecule has 3 N–H and O–H groups in total. The largest absolute Gasteiger partial charge is 0.508 e. The van der Waals surface area contributed by atoms with Gasteiger partial charge in [-0.05, 0) is 18.7 Å². The zero-order valence-corrected chi connectivity index (χ0v) is 9.00. The van der Waals surface area contributed by atoms with Crippen LogP contribution in [-0.4, -0.2) is 16.6 Å². The Kier molecular flexibility index (Phi) is 2.99. The first-order chi connectivity index (χ1) is 7.29. The van der Waals surface area contributed by atoms with Gasteiger partial charge in [-0.15, -0.1) is 11.3 Å². The molecular formula is C11H12N2OS. The van der Waals surface area contributed by atoms with Crippen molar-refractivity contribution in [3.8, 4) is 16.3 Å². The molecule has 0 bridgehead atoms. The summed E-state index contributed by atoms with van der Waals surface area (Å²) in [6.07, 6.45) is 0.801. The minimum absolute atomic E-state index is 0.267. The first-order valence-electron chi connectivity index (χ1n) is 4.73. The maximum Gasteiger partial charge on any atom is 0.123 e. The Morgan fingerprint density at radius 3 is 3.00 bits per heavy atom. The van der Waals surface area contributed by atoms with E-state index in [1.165, 1.54) is 0 Å². The maximum atomic E-state index is 9.34. The molecule has 4 heteroatoms. The van der Waals surface area contributed by atoms with E-state index in [1.54, 1.807) is 23.5 Å². The zero-order chi connectivity index (χ0) is 10.7. The molecule has 0 saturated heterocycles. The standard InChI is InChI=1S/C11H12N2OS/c12-5-4-9-7-15-11(13-9)8-2-1-3-10(14)6-8/h1-3,6-7,14H,4-5,12H2. The lowest BCUT2D eigenvalue weighted by Gasteiger charge is -1.96. The second kappa shape index (κ2) is 4.42. The molecule has 0 saturated carbocycles. The number of hydrogen-bond donors (Lipinski definition) is 2. The number of aromatic nitrogens is 1. The van der Waals surface area contributed by atoms with Crippen molar-refractivity contribution in [2.24, 2.45) is 5.73 Å². The second-order valence-corrected chi connectivity index (χ2v) is 4.09. The van der Waals surface area contributed by atoms with Gasteiger partial charge in [0.15, 0.2) is 0 Å². The smallest absolute Gasteiger partial charge is 0.123 e.